The number of aryl methyl sites for hydroxylation is 1. The zero-order valence-corrected chi connectivity index (χ0v) is 15.3. The maximum absolute atomic E-state index is 12.2. The maximum Gasteiger partial charge on any atom is 0.291 e. The monoisotopic (exact) mass is 391 g/mol. The number of furan rings is 1. The van der Waals surface area contributed by atoms with Crippen LogP contribution in [0, 0.1) is 6.92 Å². The van der Waals surface area contributed by atoms with Crippen LogP contribution < -0.4 is 10.1 Å². The SMILES string of the molecule is Cc1cc(OCc2ccc(C(=O)Nc3cc(Cl)ccc3O)o2)ccc1Cl. The number of phenols is 1. The number of carbonyl (C=O) groups is 1. The zero-order valence-electron chi connectivity index (χ0n) is 13.8. The second kappa shape index (κ2) is 7.72. The van der Waals surface area contributed by atoms with E-state index in [4.69, 9.17) is 32.4 Å². The van der Waals surface area contributed by atoms with E-state index in [1.807, 2.05) is 13.0 Å². The second-order valence-corrected chi connectivity index (χ2v) is 6.42. The molecule has 26 heavy (non-hydrogen) atoms. The van der Waals surface area contributed by atoms with Crippen molar-refractivity contribution in [3.05, 3.63) is 75.7 Å². The van der Waals surface area contributed by atoms with Gasteiger partial charge in [0.2, 0.25) is 0 Å². The molecule has 1 heterocycles. The summed E-state index contributed by atoms with van der Waals surface area (Å²) in [4.78, 5) is 12.2. The molecule has 134 valence electrons. The summed E-state index contributed by atoms with van der Waals surface area (Å²) in [5.74, 6) is 0.638. The Balaban J connectivity index is 1.64. The molecule has 0 aliphatic carbocycles. The van der Waals surface area contributed by atoms with Gasteiger partial charge in [-0.2, -0.15) is 0 Å². The molecule has 0 fully saturated rings. The molecule has 2 aromatic carbocycles. The number of ether oxygens (including phenoxy) is 1. The fourth-order valence-electron chi connectivity index (χ4n) is 2.23. The summed E-state index contributed by atoms with van der Waals surface area (Å²) in [5, 5.41) is 13.4. The van der Waals surface area contributed by atoms with E-state index in [2.05, 4.69) is 5.32 Å². The summed E-state index contributed by atoms with van der Waals surface area (Å²) in [6.45, 7) is 2.05. The topological polar surface area (TPSA) is 71.7 Å². The Morgan fingerprint density at radius 1 is 1.15 bits per heavy atom. The van der Waals surface area contributed by atoms with E-state index >= 15 is 0 Å². The molecule has 2 N–H and O–H groups in total. The van der Waals surface area contributed by atoms with Crippen molar-refractivity contribution in [2.75, 3.05) is 5.32 Å². The molecule has 0 bridgehead atoms. The highest BCUT2D eigenvalue weighted by molar-refractivity contribution is 6.31. The van der Waals surface area contributed by atoms with Crippen molar-refractivity contribution in [1.29, 1.82) is 0 Å². The van der Waals surface area contributed by atoms with Crippen LogP contribution in [0.15, 0.2) is 52.9 Å². The lowest BCUT2D eigenvalue weighted by Crippen LogP contribution is -2.11. The first kappa shape index (κ1) is 18.2. The molecule has 0 saturated heterocycles. The Labute approximate surface area is 160 Å². The number of anilines is 1. The molecule has 0 aliphatic heterocycles. The molecule has 5 nitrogen and oxygen atoms in total. The third kappa shape index (κ3) is 4.31. The molecular weight excluding hydrogens is 377 g/mol. The van der Waals surface area contributed by atoms with E-state index < -0.39 is 5.91 Å². The summed E-state index contributed by atoms with van der Waals surface area (Å²) in [7, 11) is 0. The number of hydrogen-bond donors (Lipinski definition) is 2. The van der Waals surface area contributed by atoms with Crippen LogP contribution in [0.25, 0.3) is 0 Å². The number of carbonyl (C=O) groups excluding carboxylic acids is 1. The molecule has 0 unspecified atom stereocenters. The molecule has 1 amide bonds. The lowest BCUT2D eigenvalue weighted by atomic mass is 10.2. The van der Waals surface area contributed by atoms with Crippen LogP contribution in [-0.2, 0) is 6.61 Å². The van der Waals surface area contributed by atoms with Crippen molar-refractivity contribution < 1.29 is 19.1 Å². The third-order valence-electron chi connectivity index (χ3n) is 3.60. The fourth-order valence-corrected chi connectivity index (χ4v) is 2.52. The Morgan fingerprint density at radius 2 is 1.96 bits per heavy atom. The molecule has 0 atom stereocenters. The molecule has 1 aromatic heterocycles. The number of rotatable bonds is 5. The van der Waals surface area contributed by atoms with Gasteiger partial charge in [0.1, 0.15) is 23.9 Å². The minimum Gasteiger partial charge on any atom is -0.506 e. The maximum atomic E-state index is 12.2. The molecule has 0 radical (unpaired) electrons. The Kier molecular flexibility index (Phi) is 5.40. The molecular formula is C19H15Cl2NO4. The van der Waals surface area contributed by atoms with Gasteiger partial charge in [-0.15, -0.1) is 0 Å². The van der Waals surface area contributed by atoms with Crippen LogP contribution in [0.1, 0.15) is 21.9 Å². The molecule has 0 spiro atoms. The van der Waals surface area contributed by atoms with E-state index in [0.717, 1.165) is 5.56 Å². The van der Waals surface area contributed by atoms with Crippen molar-refractivity contribution in [3.8, 4) is 11.5 Å². The van der Waals surface area contributed by atoms with Crippen molar-refractivity contribution in [1.82, 2.24) is 0 Å². The predicted molar refractivity (Wildman–Crippen MR) is 100 cm³/mol. The molecule has 3 rings (SSSR count). The molecule has 0 aliphatic rings. The minimum atomic E-state index is -0.504. The zero-order chi connectivity index (χ0) is 18.7. The summed E-state index contributed by atoms with van der Waals surface area (Å²) < 4.78 is 11.1. The van der Waals surface area contributed by atoms with Gasteiger partial charge in [-0.3, -0.25) is 4.79 Å². The van der Waals surface area contributed by atoms with Crippen LogP contribution in [0.5, 0.6) is 11.5 Å². The highest BCUT2D eigenvalue weighted by Crippen LogP contribution is 2.27. The average molecular weight is 392 g/mol. The predicted octanol–water partition coefficient (Wildman–Crippen LogP) is 5.43. The number of aromatic hydroxyl groups is 1. The molecule has 3 aromatic rings. The molecule has 0 saturated carbocycles. The second-order valence-electron chi connectivity index (χ2n) is 5.58. The first-order valence-corrected chi connectivity index (χ1v) is 8.45. The van der Waals surface area contributed by atoms with E-state index in [1.165, 1.54) is 24.3 Å². The van der Waals surface area contributed by atoms with Gasteiger partial charge < -0.3 is 19.6 Å². The Hall–Kier alpha value is -2.63. The van der Waals surface area contributed by atoms with Crippen LogP contribution in [-0.4, -0.2) is 11.0 Å². The Bertz CT molecular complexity index is 952. The number of benzene rings is 2. The van der Waals surface area contributed by atoms with E-state index in [9.17, 15) is 9.90 Å². The van der Waals surface area contributed by atoms with Gasteiger partial charge in [-0.05, 0) is 61.0 Å². The van der Waals surface area contributed by atoms with Gasteiger partial charge in [0, 0.05) is 10.0 Å². The van der Waals surface area contributed by atoms with Crippen molar-refractivity contribution in [2.45, 2.75) is 13.5 Å². The first-order valence-electron chi connectivity index (χ1n) is 7.70. The summed E-state index contributed by atoms with van der Waals surface area (Å²) in [6, 6.07) is 12.9. The van der Waals surface area contributed by atoms with E-state index in [-0.39, 0.29) is 23.8 Å². The van der Waals surface area contributed by atoms with Gasteiger partial charge in [0.15, 0.2) is 5.76 Å². The van der Waals surface area contributed by atoms with Crippen LogP contribution in [0.3, 0.4) is 0 Å². The fraction of sp³-hybridized carbons (Fsp3) is 0.105. The van der Waals surface area contributed by atoms with Crippen molar-refractivity contribution in [2.24, 2.45) is 0 Å². The number of amides is 1. The number of halogens is 2. The van der Waals surface area contributed by atoms with Gasteiger partial charge in [-0.1, -0.05) is 23.2 Å². The number of nitrogens with one attached hydrogen (secondary N) is 1. The largest absolute Gasteiger partial charge is 0.506 e. The Morgan fingerprint density at radius 3 is 2.73 bits per heavy atom. The van der Waals surface area contributed by atoms with Crippen molar-refractivity contribution >= 4 is 34.8 Å². The van der Waals surface area contributed by atoms with E-state index in [1.54, 1.807) is 18.2 Å². The van der Waals surface area contributed by atoms with Gasteiger partial charge in [0.25, 0.3) is 5.91 Å². The minimum absolute atomic E-state index is 0.0871. The smallest absolute Gasteiger partial charge is 0.291 e. The highest BCUT2D eigenvalue weighted by Gasteiger charge is 2.14. The van der Waals surface area contributed by atoms with Crippen LogP contribution in [0.4, 0.5) is 5.69 Å². The summed E-state index contributed by atoms with van der Waals surface area (Å²) >= 11 is 11.8. The number of phenolic OH excluding ortho intramolecular Hbond substituents is 1. The highest BCUT2D eigenvalue weighted by atomic mass is 35.5. The molecule has 7 heteroatoms. The third-order valence-corrected chi connectivity index (χ3v) is 4.26. The standard InChI is InChI=1S/C19H15Cl2NO4/c1-11-8-13(3-5-15(11)21)25-10-14-4-7-18(26-14)19(24)22-16-9-12(20)2-6-17(16)23/h2-9,23H,10H2,1H3,(H,22,24). The van der Waals surface area contributed by atoms with Crippen LogP contribution in [0.2, 0.25) is 10.0 Å². The van der Waals surface area contributed by atoms with Crippen molar-refractivity contribution in [3.63, 3.8) is 0 Å². The normalized spacial score (nSPS) is 10.6. The quantitative estimate of drug-likeness (QED) is 0.568. The lowest BCUT2D eigenvalue weighted by molar-refractivity contribution is 0.0992. The van der Waals surface area contributed by atoms with E-state index in [0.29, 0.717) is 21.6 Å². The average Bonchev–Trinajstić information content (AvgIpc) is 3.08. The lowest BCUT2D eigenvalue weighted by Gasteiger charge is -2.07. The summed E-state index contributed by atoms with van der Waals surface area (Å²) in [5.41, 5.74) is 1.11. The first-order chi connectivity index (χ1) is 12.4. The van der Waals surface area contributed by atoms with Gasteiger partial charge in [-0.25, -0.2) is 0 Å². The van der Waals surface area contributed by atoms with Crippen LogP contribution >= 0.6 is 23.2 Å². The number of hydrogen-bond acceptors (Lipinski definition) is 4. The van der Waals surface area contributed by atoms with Gasteiger partial charge in [0.05, 0.1) is 5.69 Å². The van der Waals surface area contributed by atoms with Gasteiger partial charge >= 0.3 is 0 Å². The summed E-state index contributed by atoms with van der Waals surface area (Å²) in [6.07, 6.45) is 0.